The average Bonchev–Trinajstić information content (AvgIpc) is 2.42. The quantitative estimate of drug-likeness (QED) is 0.578. The zero-order valence-electron chi connectivity index (χ0n) is 11.4. The van der Waals surface area contributed by atoms with E-state index in [1.165, 1.54) is 20.3 Å². The van der Waals surface area contributed by atoms with Crippen molar-refractivity contribution in [2.75, 3.05) is 27.3 Å². The van der Waals surface area contributed by atoms with Gasteiger partial charge in [-0.1, -0.05) is 6.07 Å². The van der Waals surface area contributed by atoms with Crippen LogP contribution in [0, 0.1) is 5.82 Å². The molecule has 0 aliphatic rings. The zero-order valence-corrected chi connectivity index (χ0v) is 11.4. The highest BCUT2D eigenvalue weighted by atomic mass is 19.1. The lowest BCUT2D eigenvalue weighted by atomic mass is 10.1. The van der Waals surface area contributed by atoms with E-state index in [1.54, 1.807) is 6.07 Å². The van der Waals surface area contributed by atoms with E-state index in [0.717, 1.165) is 31.5 Å². The summed E-state index contributed by atoms with van der Waals surface area (Å²) in [6, 6.07) is 4.95. The van der Waals surface area contributed by atoms with E-state index < -0.39 is 0 Å². The molecule has 0 radical (unpaired) electrons. The number of carbonyl (C=O) groups is 1. The van der Waals surface area contributed by atoms with Gasteiger partial charge in [0.2, 0.25) is 0 Å². The zero-order chi connectivity index (χ0) is 14.1. The number of nitrogens with one attached hydrogen (secondary N) is 1. The molecule has 106 valence electrons. The molecule has 0 heterocycles. The Morgan fingerprint density at radius 3 is 2.74 bits per heavy atom. The topological polar surface area (TPSA) is 47.6 Å². The lowest BCUT2D eigenvalue weighted by Crippen LogP contribution is -2.19. The van der Waals surface area contributed by atoms with Crippen molar-refractivity contribution in [2.45, 2.75) is 19.3 Å². The van der Waals surface area contributed by atoms with Gasteiger partial charge in [-0.25, -0.2) is 4.39 Å². The molecule has 4 nitrogen and oxygen atoms in total. The molecule has 1 aromatic rings. The van der Waals surface area contributed by atoms with Gasteiger partial charge in [0.05, 0.1) is 14.2 Å². The summed E-state index contributed by atoms with van der Waals surface area (Å²) in [6.07, 6.45) is 1.89. The number of carbonyl (C=O) groups excluding carboxylic acids is 1. The summed E-state index contributed by atoms with van der Waals surface area (Å²) in [5.74, 6) is -0.278. The number of esters is 1. The fourth-order valence-corrected chi connectivity index (χ4v) is 1.68. The largest absolute Gasteiger partial charge is 0.494 e. The molecule has 0 amide bonds. The summed E-state index contributed by atoms with van der Waals surface area (Å²) in [5.41, 5.74) is 0.916. The molecule has 0 unspecified atom stereocenters. The predicted octanol–water partition coefficient (Wildman–Crippen LogP) is 1.92. The van der Waals surface area contributed by atoms with E-state index in [4.69, 9.17) is 4.74 Å². The van der Waals surface area contributed by atoms with E-state index in [1.807, 2.05) is 6.07 Å². The van der Waals surface area contributed by atoms with Crippen molar-refractivity contribution in [2.24, 2.45) is 0 Å². The van der Waals surface area contributed by atoms with Crippen LogP contribution in [0.15, 0.2) is 18.2 Å². The molecule has 1 N–H and O–H groups in total. The molecule has 1 aromatic carbocycles. The maximum absolute atomic E-state index is 13.4. The lowest BCUT2D eigenvalue weighted by molar-refractivity contribution is -0.140. The molecule has 0 bridgehead atoms. The van der Waals surface area contributed by atoms with Crippen molar-refractivity contribution in [3.8, 4) is 5.75 Å². The molecule has 0 aliphatic carbocycles. The van der Waals surface area contributed by atoms with Crippen LogP contribution in [0.4, 0.5) is 4.39 Å². The van der Waals surface area contributed by atoms with Crippen LogP contribution in [0.25, 0.3) is 0 Å². The Hall–Kier alpha value is -1.62. The first-order valence-corrected chi connectivity index (χ1v) is 6.27. The highest BCUT2D eigenvalue weighted by molar-refractivity contribution is 5.69. The standard InChI is InChI=1S/C14H20FNO3/c1-18-13-6-5-11(10-12(13)15)7-9-16-8-3-4-14(17)19-2/h5-6,10,16H,3-4,7-9H2,1-2H3. The highest BCUT2D eigenvalue weighted by Gasteiger charge is 2.03. The van der Waals surface area contributed by atoms with Gasteiger partial charge in [0.1, 0.15) is 0 Å². The molecule has 0 aliphatic heterocycles. The third-order valence-electron chi connectivity index (χ3n) is 2.77. The molecule has 0 aromatic heterocycles. The summed E-state index contributed by atoms with van der Waals surface area (Å²) in [5, 5.41) is 3.20. The first-order valence-electron chi connectivity index (χ1n) is 6.27. The Kier molecular flexibility index (Phi) is 6.89. The SMILES string of the molecule is COC(=O)CCCNCCc1ccc(OC)c(F)c1. The second-order valence-corrected chi connectivity index (χ2v) is 4.15. The van der Waals surface area contributed by atoms with Crippen LogP contribution in [-0.4, -0.2) is 33.3 Å². The normalized spacial score (nSPS) is 10.3. The minimum Gasteiger partial charge on any atom is -0.494 e. The molecular formula is C14H20FNO3. The summed E-state index contributed by atoms with van der Waals surface area (Å²) >= 11 is 0. The molecule has 0 saturated carbocycles. The summed E-state index contributed by atoms with van der Waals surface area (Å²) in [4.78, 5) is 10.9. The van der Waals surface area contributed by atoms with Gasteiger partial charge in [-0.2, -0.15) is 0 Å². The van der Waals surface area contributed by atoms with Gasteiger partial charge < -0.3 is 14.8 Å². The van der Waals surface area contributed by atoms with Crippen LogP contribution in [0.1, 0.15) is 18.4 Å². The van der Waals surface area contributed by atoms with Crippen molar-refractivity contribution in [3.63, 3.8) is 0 Å². The lowest BCUT2D eigenvalue weighted by Gasteiger charge is -2.06. The van der Waals surface area contributed by atoms with Crippen molar-refractivity contribution in [1.82, 2.24) is 5.32 Å². The number of rotatable bonds is 8. The van der Waals surface area contributed by atoms with Crippen LogP contribution in [0.2, 0.25) is 0 Å². The van der Waals surface area contributed by atoms with Crippen LogP contribution in [0.5, 0.6) is 5.75 Å². The third kappa shape index (κ3) is 5.70. The molecule has 5 heteroatoms. The number of hydrogen-bond donors (Lipinski definition) is 1. The van der Waals surface area contributed by atoms with Gasteiger partial charge in [0.25, 0.3) is 0 Å². The number of benzene rings is 1. The fraction of sp³-hybridized carbons (Fsp3) is 0.500. The molecule has 1 rings (SSSR count). The smallest absolute Gasteiger partial charge is 0.305 e. The van der Waals surface area contributed by atoms with Crippen LogP contribution >= 0.6 is 0 Å². The maximum atomic E-state index is 13.4. The number of methoxy groups -OCH3 is 2. The van der Waals surface area contributed by atoms with Crippen molar-refractivity contribution in [3.05, 3.63) is 29.6 Å². The van der Waals surface area contributed by atoms with E-state index in [9.17, 15) is 9.18 Å². The van der Waals surface area contributed by atoms with Crippen LogP contribution in [-0.2, 0) is 16.0 Å². The molecule has 0 atom stereocenters. The van der Waals surface area contributed by atoms with Gasteiger partial charge in [0, 0.05) is 6.42 Å². The van der Waals surface area contributed by atoms with E-state index in [2.05, 4.69) is 10.1 Å². The van der Waals surface area contributed by atoms with Gasteiger partial charge in [-0.15, -0.1) is 0 Å². The Labute approximate surface area is 112 Å². The second kappa shape index (κ2) is 8.48. The minimum atomic E-state index is -0.342. The molecule has 0 fully saturated rings. The highest BCUT2D eigenvalue weighted by Crippen LogP contribution is 2.17. The van der Waals surface area contributed by atoms with E-state index in [0.29, 0.717) is 6.42 Å². The third-order valence-corrected chi connectivity index (χ3v) is 2.77. The second-order valence-electron chi connectivity index (χ2n) is 4.15. The minimum absolute atomic E-state index is 0.195. The van der Waals surface area contributed by atoms with Crippen molar-refractivity contribution in [1.29, 1.82) is 0 Å². The first-order chi connectivity index (χ1) is 9.17. The van der Waals surface area contributed by atoms with Crippen molar-refractivity contribution < 1.29 is 18.7 Å². The van der Waals surface area contributed by atoms with Gasteiger partial charge >= 0.3 is 5.97 Å². The van der Waals surface area contributed by atoms with Crippen LogP contribution < -0.4 is 10.1 Å². The van der Waals surface area contributed by atoms with E-state index >= 15 is 0 Å². The molecular weight excluding hydrogens is 249 g/mol. The Balaban J connectivity index is 2.19. The van der Waals surface area contributed by atoms with E-state index in [-0.39, 0.29) is 17.5 Å². The Bertz CT molecular complexity index is 410. The first kappa shape index (κ1) is 15.4. The van der Waals surface area contributed by atoms with Gasteiger partial charge in [-0.05, 0) is 43.6 Å². The Morgan fingerprint density at radius 1 is 1.32 bits per heavy atom. The predicted molar refractivity (Wildman–Crippen MR) is 70.8 cm³/mol. The maximum Gasteiger partial charge on any atom is 0.305 e. The molecule has 19 heavy (non-hydrogen) atoms. The summed E-state index contributed by atoms with van der Waals surface area (Å²) < 4.78 is 22.8. The van der Waals surface area contributed by atoms with Gasteiger partial charge in [-0.3, -0.25) is 4.79 Å². The fourth-order valence-electron chi connectivity index (χ4n) is 1.68. The monoisotopic (exact) mass is 269 g/mol. The number of halogens is 1. The number of ether oxygens (including phenoxy) is 2. The van der Waals surface area contributed by atoms with Gasteiger partial charge in [0.15, 0.2) is 11.6 Å². The summed E-state index contributed by atoms with van der Waals surface area (Å²) in [6.45, 7) is 1.49. The number of hydrogen-bond acceptors (Lipinski definition) is 4. The Morgan fingerprint density at radius 2 is 2.11 bits per heavy atom. The summed E-state index contributed by atoms with van der Waals surface area (Å²) in [7, 11) is 2.83. The molecule has 0 spiro atoms. The van der Waals surface area contributed by atoms with Crippen LogP contribution in [0.3, 0.4) is 0 Å². The average molecular weight is 269 g/mol. The molecule has 0 saturated heterocycles. The van der Waals surface area contributed by atoms with Crippen molar-refractivity contribution >= 4 is 5.97 Å².